The van der Waals surface area contributed by atoms with Crippen LogP contribution < -0.4 is 21.8 Å². The number of carbonyl (C=O) groups excluding carboxylic acids is 2. The second-order valence-electron chi connectivity index (χ2n) is 13.7. The number of hydrogen-bond donors (Lipinski definition) is 4. The molecule has 13 heteroatoms. The first kappa shape index (κ1) is 31.7. The number of nitrogens with two attached hydrogens (primary N) is 1. The number of carbonyl (C=O) groups is 2. The van der Waals surface area contributed by atoms with Gasteiger partial charge in [-0.2, -0.15) is 0 Å². The summed E-state index contributed by atoms with van der Waals surface area (Å²) in [4.78, 5) is 41.5. The van der Waals surface area contributed by atoms with Gasteiger partial charge >= 0.3 is 7.12 Å². The Hall–Kier alpha value is -2.25. The molecule has 0 spiro atoms. The Morgan fingerprint density at radius 2 is 2.00 bits per heavy atom. The van der Waals surface area contributed by atoms with Crippen molar-refractivity contribution in [1.29, 1.82) is 0 Å². The molecular formula is C28H49BN6O6. The van der Waals surface area contributed by atoms with Gasteiger partial charge in [-0.25, -0.2) is 15.1 Å². The summed E-state index contributed by atoms with van der Waals surface area (Å²) in [6.07, 6.45) is 6.61. The Morgan fingerprint density at radius 3 is 2.63 bits per heavy atom. The van der Waals surface area contributed by atoms with Gasteiger partial charge in [0.25, 0.3) is 5.96 Å². The molecule has 0 aromatic heterocycles. The van der Waals surface area contributed by atoms with Crippen LogP contribution in [0.5, 0.6) is 0 Å². The van der Waals surface area contributed by atoms with Gasteiger partial charge in [0.2, 0.25) is 5.91 Å². The van der Waals surface area contributed by atoms with Crippen molar-refractivity contribution in [2.75, 3.05) is 13.1 Å². The number of aliphatic imine (C=N–C) groups is 1. The molecule has 3 saturated carbocycles. The van der Waals surface area contributed by atoms with Crippen LogP contribution in [0.25, 0.3) is 0 Å². The summed E-state index contributed by atoms with van der Waals surface area (Å²) in [7, 11) is -0.541. The van der Waals surface area contributed by atoms with Crippen LogP contribution in [0.1, 0.15) is 92.4 Å². The average Bonchev–Trinajstić information content (AvgIpc) is 3.26. The molecule has 41 heavy (non-hydrogen) atoms. The number of guanidine groups is 1. The van der Waals surface area contributed by atoms with Gasteiger partial charge in [-0.3, -0.25) is 9.59 Å². The van der Waals surface area contributed by atoms with Crippen molar-refractivity contribution in [2.45, 2.75) is 116 Å². The van der Waals surface area contributed by atoms with E-state index in [0.717, 1.165) is 38.6 Å². The van der Waals surface area contributed by atoms with Gasteiger partial charge in [0.1, 0.15) is 0 Å². The van der Waals surface area contributed by atoms with Gasteiger partial charge in [0.15, 0.2) is 10.8 Å². The van der Waals surface area contributed by atoms with Crippen LogP contribution >= 0.6 is 0 Å². The summed E-state index contributed by atoms with van der Waals surface area (Å²) in [6, 6.07) is -0.233. The van der Waals surface area contributed by atoms with Crippen molar-refractivity contribution in [1.82, 2.24) is 16.1 Å². The van der Waals surface area contributed by atoms with Crippen molar-refractivity contribution >= 4 is 24.8 Å². The third-order valence-corrected chi connectivity index (χ3v) is 10.1. The third-order valence-electron chi connectivity index (χ3n) is 10.1. The van der Waals surface area contributed by atoms with E-state index in [4.69, 9.17) is 15.0 Å². The number of piperidine rings is 1. The molecule has 0 aromatic rings. The molecule has 2 bridgehead atoms. The Bertz CT molecular complexity index is 1000. The minimum atomic E-state index is -0.770. The molecule has 5 aliphatic rings. The fourth-order valence-electron chi connectivity index (χ4n) is 7.62. The van der Waals surface area contributed by atoms with E-state index in [1.807, 2.05) is 5.43 Å². The topological polar surface area (TPSA) is 170 Å². The summed E-state index contributed by atoms with van der Waals surface area (Å²) < 4.78 is 13.2. The van der Waals surface area contributed by atoms with Crippen LogP contribution in [0.15, 0.2) is 4.99 Å². The van der Waals surface area contributed by atoms with Gasteiger partial charge < -0.3 is 25.7 Å². The van der Waals surface area contributed by atoms with Gasteiger partial charge in [-0.1, -0.05) is 39.5 Å². The number of hydrazine groups is 1. The third kappa shape index (κ3) is 7.22. The summed E-state index contributed by atoms with van der Waals surface area (Å²) >= 11 is 0. The molecule has 230 valence electrons. The molecular weight excluding hydrogens is 527 g/mol. The molecule has 2 saturated heterocycles. The molecule has 12 nitrogen and oxygen atoms in total. The zero-order valence-electron chi connectivity index (χ0n) is 25.3. The largest absolute Gasteiger partial charge is 0.481 e. The Morgan fingerprint density at radius 1 is 1.24 bits per heavy atom. The van der Waals surface area contributed by atoms with E-state index in [1.165, 1.54) is 0 Å². The van der Waals surface area contributed by atoms with Crippen LogP contribution in [-0.4, -0.2) is 66.6 Å². The summed E-state index contributed by atoms with van der Waals surface area (Å²) in [5.41, 5.74) is 7.20. The van der Waals surface area contributed by atoms with Crippen molar-refractivity contribution < 1.29 is 23.9 Å². The van der Waals surface area contributed by atoms with Crippen molar-refractivity contribution in [3.8, 4) is 0 Å². The van der Waals surface area contributed by atoms with E-state index in [9.17, 15) is 19.7 Å². The van der Waals surface area contributed by atoms with Crippen LogP contribution in [-0.2, 0) is 18.9 Å². The molecule has 3 aliphatic carbocycles. The second-order valence-corrected chi connectivity index (χ2v) is 13.7. The summed E-state index contributed by atoms with van der Waals surface area (Å²) in [5, 5.41) is 16.3. The first-order valence-electron chi connectivity index (χ1n) is 15.4. The maximum atomic E-state index is 13.8. The summed E-state index contributed by atoms with van der Waals surface area (Å²) in [6.45, 7) is 12.0. The molecule has 2 heterocycles. The number of nitrogens with one attached hydrogen (secondary N) is 3. The maximum absolute atomic E-state index is 13.8. The van der Waals surface area contributed by atoms with E-state index < -0.39 is 18.1 Å². The quantitative estimate of drug-likeness (QED) is 0.0642. The normalized spacial score (nSPS) is 32.0. The molecule has 5 N–H and O–H groups in total. The summed E-state index contributed by atoms with van der Waals surface area (Å²) in [5.74, 6) is 0.0000640. The number of Topliss-reactive ketones (excluding diaryl/α,β-unsaturated/α-hetero) is 1. The highest BCUT2D eigenvalue weighted by atomic mass is 16.7. The highest BCUT2D eigenvalue weighted by Crippen LogP contribution is 2.65. The molecule has 0 radical (unpaired) electrons. The average molecular weight is 577 g/mol. The molecule has 0 aromatic carbocycles. The van der Waals surface area contributed by atoms with E-state index in [-0.39, 0.29) is 59.7 Å². The number of amides is 1. The van der Waals surface area contributed by atoms with E-state index in [0.29, 0.717) is 37.0 Å². The first-order chi connectivity index (χ1) is 19.3. The molecule has 0 unspecified atom stereocenters. The zero-order valence-corrected chi connectivity index (χ0v) is 25.3. The van der Waals surface area contributed by atoms with Crippen molar-refractivity contribution in [3.05, 3.63) is 10.1 Å². The van der Waals surface area contributed by atoms with Crippen LogP contribution in [0.4, 0.5) is 0 Å². The number of hydrogen-bond acceptors (Lipinski definition) is 8. The van der Waals surface area contributed by atoms with E-state index in [1.54, 1.807) is 0 Å². The molecule has 2 aliphatic heterocycles. The van der Waals surface area contributed by atoms with Gasteiger partial charge in [0.05, 0.1) is 23.7 Å². The highest BCUT2D eigenvalue weighted by molar-refractivity contribution is 6.47. The number of nitro groups is 1. The van der Waals surface area contributed by atoms with Crippen molar-refractivity contribution in [2.24, 2.45) is 39.8 Å². The fourth-order valence-corrected chi connectivity index (χ4v) is 7.62. The van der Waals surface area contributed by atoms with Gasteiger partial charge in [0, 0.05) is 18.9 Å². The number of rotatable bonds is 13. The lowest BCUT2D eigenvalue weighted by atomic mass is 9.43. The van der Waals surface area contributed by atoms with Crippen LogP contribution in [0.2, 0.25) is 0 Å². The van der Waals surface area contributed by atoms with Crippen LogP contribution in [0.3, 0.4) is 0 Å². The lowest BCUT2D eigenvalue weighted by Crippen LogP contribution is -2.65. The lowest BCUT2D eigenvalue weighted by Gasteiger charge is -2.64. The zero-order chi connectivity index (χ0) is 29.9. The standard InChI is InChI=1S/C28H49BN6O6/c1-17(2)13-24(29-40-23-16-19-15-22(27(19,3)4)28(23,5)41-29)33-25(37)18(9-8-12-32-26(30)34-35(38)39)14-21(36)20-10-6-7-11-31-20/h17-20,22-24,31H,6-16H2,1-5H3,(H,33,37)(H3,30,32,34)/t18-,19+,20-,22+,23-,24+,28+/m1/s1. The molecule has 5 rings (SSSR count). The van der Waals surface area contributed by atoms with Crippen molar-refractivity contribution in [3.63, 3.8) is 0 Å². The Labute approximate surface area is 244 Å². The predicted octanol–water partition coefficient (Wildman–Crippen LogP) is 2.38. The first-order valence-corrected chi connectivity index (χ1v) is 15.4. The van der Waals surface area contributed by atoms with Crippen LogP contribution in [0, 0.1) is 39.2 Å². The Kier molecular flexibility index (Phi) is 10.0. The number of nitrogens with zero attached hydrogens (tertiary/aromatic N) is 2. The predicted molar refractivity (Wildman–Crippen MR) is 156 cm³/mol. The smallest absolute Gasteiger partial charge is 0.404 e. The molecule has 7 atom stereocenters. The second kappa shape index (κ2) is 13.0. The highest BCUT2D eigenvalue weighted by Gasteiger charge is 2.68. The number of ketones is 1. The van der Waals surface area contributed by atoms with E-state index >= 15 is 0 Å². The lowest BCUT2D eigenvalue weighted by molar-refractivity contribution is -0.525. The molecule has 5 fully saturated rings. The Balaban J connectivity index is 1.43. The molecule has 1 amide bonds. The van der Waals surface area contributed by atoms with Gasteiger partial charge in [-0.05, 0) is 81.6 Å². The SMILES string of the molecule is CC(C)C[C@H](NC(=O)[C@H](CCCN=C(N)N[N+](=O)[O-])CC(=O)[C@H]1CCCCN1)B1O[C@@H]2C[C@@H]3C[C@@H](C3(C)C)[C@]2(C)O1. The minimum absolute atomic E-state index is 0.0154. The van der Waals surface area contributed by atoms with E-state index in [2.05, 4.69) is 50.2 Å². The monoisotopic (exact) mass is 576 g/mol. The van der Waals surface area contributed by atoms with Gasteiger partial charge in [-0.15, -0.1) is 0 Å². The fraction of sp³-hybridized carbons (Fsp3) is 0.893. The maximum Gasteiger partial charge on any atom is 0.481 e. The minimum Gasteiger partial charge on any atom is -0.404 e.